The van der Waals surface area contributed by atoms with Gasteiger partial charge in [0.05, 0.1) is 13.2 Å². The lowest BCUT2D eigenvalue weighted by Crippen LogP contribution is -2.25. The Morgan fingerprint density at radius 3 is 2.17 bits per heavy atom. The van der Waals surface area contributed by atoms with Gasteiger partial charge < -0.3 is 20.2 Å². The monoisotopic (exact) mass is 251 g/mol. The topological polar surface area (TPSA) is 81.0 Å². The molecule has 2 rings (SSSR count). The molecule has 1 aromatic rings. The maximum Gasteiger partial charge on any atom is 0.227 e. The van der Waals surface area contributed by atoms with Gasteiger partial charge in [-0.15, -0.1) is 0 Å². The van der Waals surface area contributed by atoms with E-state index in [1.54, 1.807) is 23.1 Å². The lowest BCUT2D eigenvalue weighted by molar-refractivity contribution is -0.117. The first-order valence-electron chi connectivity index (χ1n) is 5.93. The van der Waals surface area contributed by atoms with Crippen molar-refractivity contribution in [3.8, 4) is 0 Å². The van der Waals surface area contributed by atoms with E-state index in [-0.39, 0.29) is 31.6 Å². The maximum absolute atomic E-state index is 11.8. The van der Waals surface area contributed by atoms with Gasteiger partial charge in [-0.25, -0.2) is 0 Å². The van der Waals surface area contributed by atoms with E-state index in [0.29, 0.717) is 29.8 Å². The van der Waals surface area contributed by atoms with Gasteiger partial charge in [-0.3, -0.25) is 4.79 Å². The molecule has 0 aliphatic carbocycles. The highest BCUT2D eigenvalue weighted by molar-refractivity contribution is 5.95. The number of aliphatic hydroxyl groups excluding tert-OH is 3. The lowest BCUT2D eigenvalue weighted by atomic mass is 10.1. The molecule has 5 heteroatoms. The summed E-state index contributed by atoms with van der Waals surface area (Å²) < 4.78 is 0. The van der Waals surface area contributed by atoms with Crippen LogP contribution < -0.4 is 4.90 Å². The second-order valence-corrected chi connectivity index (χ2v) is 4.58. The minimum absolute atomic E-state index is 0.00517. The van der Waals surface area contributed by atoms with E-state index in [0.717, 1.165) is 0 Å². The molecular formula is C13H17NO4. The molecule has 1 saturated heterocycles. The van der Waals surface area contributed by atoms with Crippen LogP contribution in [0.15, 0.2) is 18.2 Å². The van der Waals surface area contributed by atoms with Gasteiger partial charge in [0, 0.05) is 31.2 Å². The summed E-state index contributed by atoms with van der Waals surface area (Å²) in [6.45, 7) is 0.211. The molecule has 0 aromatic heterocycles. The number of hydrogen-bond donors (Lipinski definition) is 3. The van der Waals surface area contributed by atoms with E-state index in [1.807, 2.05) is 0 Å². The predicted molar refractivity (Wildman–Crippen MR) is 65.8 cm³/mol. The van der Waals surface area contributed by atoms with E-state index in [4.69, 9.17) is 15.3 Å². The summed E-state index contributed by atoms with van der Waals surface area (Å²) >= 11 is 0. The summed E-state index contributed by atoms with van der Waals surface area (Å²) in [5.74, 6) is -0.0686. The van der Waals surface area contributed by atoms with Crippen molar-refractivity contribution >= 4 is 11.6 Å². The summed E-state index contributed by atoms with van der Waals surface area (Å²) in [5, 5.41) is 27.4. The van der Waals surface area contributed by atoms with Crippen LogP contribution in [0.2, 0.25) is 0 Å². The van der Waals surface area contributed by atoms with Crippen LogP contribution in [0, 0.1) is 5.92 Å². The molecule has 0 saturated carbocycles. The zero-order chi connectivity index (χ0) is 13.1. The second kappa shape index (κ2) is 5.48. The number of anilines is 1. The predicted octanol–water partition coefficient (Wildman–Crippen LogP) is 0.0164. The lowest BCUT2D eigenvalue weighted by Gasteiger charge is -2.18. The Morgan fingerprint density at radius 1 is 1.11 bits per heavy atom. The fourth-order valence-electron chi connectivity index (χ4n) is 2.23. The van der Waals surface area contributed by atoms with E-state index in [9.17, 15) is 4.79 Å². The van der Waals surface area contributed by atoms with Gasteiger partial charge >= 0.3 is 0 Å². The van der Waals surface area contributed by atoms with Crippen LogP contribution in [0.25, 0.3) is 0 Å². The van der Waals surface area contributed by atoms with Crippen molar-refractivity contribution in [3.05, 3.63) is 29.3 Å². The van der Waals surface area contributed by atoms with Crippen LogP contribution in [0.1, 0.15) is 17.5 Å². The van der Waals surface area contributed by atoms with Crippen molar-refractivity contribution in [2.75, 3.05) is 18.1 Å². The van der Waals surface area contributed by atoms with Gasteiger partial charge in [0.1, 0.15) is 0 Å². The molecule has 0 bridgehead atoms. The summed E-state index contributed by atoms with van der Waals surface area (Å²) in [6.07, 6.45) is 0.342. The molecule has 1 aliphatic heterocycles. The largest absolute Gasteiger partial charge is 0.396 e. The average Bonchev–Trinajstić information content (AvgIpc) is 2.79. The SMILES string of the molecule is O=C1CC(CO)CN1c1cc(CO)cc(CO)c1. The quantitative estimate of drug-likeness (QED) is 0.704. The third kappa shape index (κ3) is 2.53. The van der Waals surface area contributed by atoms with Crippen molar-refractivity contribution in [2.45, 2.75) is 19.6 Å². The zero-order valence-electron chi connectivity index (χ0n) is 10.0. The third-order valence-corrected chi connectivity index (χ3v) is 3.18. The first kappa shape index (κ1) is 13.0. The number of hydrogen-bond acceptors (Lipinski definition) is 4. The normalized spacial score (nSPS) is 19.6. The van der Waals surface area contributed by atoms with Gasteiger partial charge in [0.25, 0.3) is 0 Å². The molecule has 3 N–H and O–H groups in total. The van der Waals surface area contributed by atoms with Gasteiger partial charge in [-0.2, -0.15) is 0 Å². The van der Waals surface area contributed by atoms with Crippen molar-refractivity contribution < 1.29 is 20.1 Å². The molecule has 5 nitrogen and oxygen atoms in total. The number of carbonyl (C=O) groups excluding carboxylic acids is 1. The Bertz CT molecular complexity index is 424. The second-order valence-electron chi connectivity index (χ2n) is 4.58. The van der Waals surface area contributed by atoms with Crippen LogP contribution in [-0.4, -0.2) is 34.4 Å². The van der Waals surface area contributed by atoms with Crippen molar-refractivity contribution in [1.82, 2.24) is 0 Å². The molecule has 0 radical (unpaired) electrons. The molecule has 1 amide bonds. The van der Waals surface area contributed by atoms with Crippen LogP contribution in [-0.2, 0) is 18.0 Å². The first-order valence-corrected chi connectivity index (χ1v) is 5.93. The maximum atomic E-state index is 11.8. The van der Waals surface area contributed by atoms with Gasteiger partial charge in [0.2, 0.25) is 5.91 Å². The third-order valence-electron chi connectivity index (χ3n) is 3.18. The highest BCUT2D eigenvalue weighted by Gasteiger charge is 2.30. The molecule has 18 heavy (non-hydrogen) atoms. The van der Waals surface area contributed by atoms with Gasteiger partial charge in [-0.1, -0.05) is 6.07 Å². The van der Waals surface area contributed by atoms with E-state index in [1.165, 1.54) is 0 Å². The molecular weight excluding hydrogens is 234 g/mol. The van der Waals surface area contributed by atoms with Crippen LogP contribution in [0.3, 0.4) is 0 Å². The van der Waals surface area contributed by atoms with Crippen LogP contribution in [0.4, 0.5) is 5.69 Å². The number of rotatable bonds is 4. The molecule has 0 spiro atoms. The number of amides is 1. The molecule has 1 aliphatic rings. The molecule has 1 fully saturated rings. The smallest absolute Gasteiger partial charge is 0.227 e. The molecule has 1 atom stereocenters. The number of nitrogens with zero attached hydrogens (tertiary/aromatic N) is 1. The van der Waals surface area contributed by atoms with E-state index >= 15 is 0 Å². The minimum Gasteiger partial charge on any atom is -0.396 e. The van der Waals surface area contributed by atoms with E-state index < -0.39 is 0 Å². The molecule has 98 valence electrons. The minimum atomic E-state index is -0.133. The first-order chi connectivity index (χ1) is 8.67. The number of aliphatic hydroxyl groups is 3. The Kier molecular flexibility index (Phi) is 3.96. The van der Waals surface area contributed by atoms with E-state index in [2.05, 4.69) is 0 Å². The Morgan fingerprint density at radius 2 is 1.72 bits per heavy atom. The Labute approximate surface area is 105 Å². The fraction of sp³-hybridized carbons (Fsp3) is 0.462. The van der Waals surface area contributed by atoms with Gasteiger partial charge in [-0.05, 0) is 23.3 Å². The summed E-state index contributed by atoms with van der Waals surface area (Å²) in [7, 11) is 0. The highest BCUT2D eigenvalue weighted by Crippen LogP contribution is 2.27. The average molecular weight is 251 g/mol. The van der Waals surface area contributed by atoms with Crippen LogP contribution in [0.5, 0.6) is 0 Å². The zero-order valence-corrected chi connectivity index (χ0v) is 10.0. The highest BCUT2D eigenvalue weighted by atomic mass is 16.3. The van der Waals surface area contributed by atoms with Crippen molar-refractivity contribution in [1.29, 1.82) is 0 Å². The van der Waals surface area contributed by atoms with Crippen molar-refractivity contribution in [3.63, 3.8) is 0 Å². The van der Waals surface area contributed by atoms with Gasteiger partial charge in [0.15, 0.2) is 0 Å². The Hall–Kier alpha value is -1.43. The summed E-state index contributed by atoms with van der Waals surface area (Å²) in [5.41, 5.74) is 2.00. The Balaban J connectivity index is 2.30. The molecule has 1 aromatic carbocycles. The fourth-order valence-corrected chi connectivity index (χ4v) is 2.23. The van der Waals surface area contributed by atoms with Crippen molar-refractivity contribution in [2.24, 2.45) is 5.92 Å². The van der Waals surface area contributed by atoms with Crippen LogP contribution >= 0.6 is 0 Å². The standard InChI is InChI=1S/C13H17NO4/c15-6-9-1-10(7-16)3-12(2-9)14-5-11(8-17)4-13(14)18/h1-3,11,15-17H,4-8H2. The number of benzene rings is 1. The summed E-state index contributed by atoms with van der Waals surface area (Å²) in [4.78, 5) is 13.4. The summed E-state index contributed by atoms with van der Waals surface area (Å²) in [6, 6.07) is 5.17. The molecule has 1 unspecified atom stereocenters. The molecule has 1 heterocycles. The number of carbonyl (C=O) groups is 1.